The molecule has 1 aromatic heterocycles. The van der Waals surface area contributed by atoms with Crippen LogP contribution in [0.1, 0.15) is 20.7 Å². The normalized spacial score (nSPS) is 9.71. The first-order valence-electron chi connectivity index (χ1n) is 6.42. The van der Waals surface area contributed by atoms with Gasteiger partial charge in [-0.2, -0.15) is 0 Å². The van der Waals surface area contributed by atoms with E-state index in [-0.39, 0.29) is 11.8 Å². The number of aromatic nitrogens is 1. The Labute approximate surface area is 122 Å². The molecule has 0 aliphatic rings. The number of benzene rings is 1. The quantitative estimate of drug-likeness (QED) is 0.826. The van der Waals surface area contributed by atoms with E-state index >= 15 is 0 Å². The zero-order chi connectivity index (χ0) is 15.1. The lowest BCUT2D eigenvalue weighted by atomic mass is 10.1. The fraction of sp³-hybridized carbons (Fsp3) is 0.0625. The van der Waals surface area contributed by atoms with Crippen LogP contribution in [-0.2, 0) is 0 Å². The van der Waals surface area contributed by atoms with Gasteiger partial charge in [0.15, 0.2) is 0 Å². The van der Waals surface area contributed by atoms with Gasteiger partial charge >= 0.3 is 0 Å². The third-order valence-electron chi connectivity index (χ3n) is 2.77. The van der Waals surface area contributed by atoms with Crippen LogP contribution in [-0.4, -0.2) is 23.3 Å². The molecule has 21 heavy (non-hydrogen) atoms. The first-order chi connectivity index (χ1) is 10.2. The van der Waals surface area contributed by atoms with E-state index in [1.807, 2.05) is 0 Å². The molecule has 1 heterocycles. The van der Waals surface area contributed by atoms with E-state index in [1.54, 1.807) is 42.5 Å². The van der Waals surface area contributed by atoms with Crippen molar-refractivity contribution in [2.45, 2.75) is 0 Å². The molecule has 2 N–H and O–H groups in total. The number of pyridine rings is 1. The Morgan fingerprint density at radius 2 is 1.81 bits per heavy atom. The van der Waals surface area contributed by atoms with Gasteiger partial charge in [0.2, 0.25) is 0 Å². The molecular formula is C16H15N3O2. The van der Waals surface area contributed by atoms with Crippen molar-refractivity contribution in [3.8, 4) is 0 Å². The number of nitrogens with one attached hydrogen (secondary N) is 2. The second-order valence-electron chi connectivity index (χ2n) is 4.23. The number of carbonyl (C=O) groups excluding carboxylic acids is 2. The summed E-state index contributed by atoms with van der Waals surface area (Å²) >= 11 is 0. The monoisotopic (exact) mass is 281 g/mol. The predicted octanol–water partition coefficient (Wildman–Crippen LogP) is 2.25. The standard InChI is InChI=1S/C16H15N3O2/c1-2-9-18-16(21)13-5-3-4-6-14(13)19-15(20)12-7-10-17-11-8-12/h2-8,10-11H,1,9H2,(H,18,21)(H,19,20). The van der Waals surface area contributed by atoms with Crippen LogP contribution in [0.3, 0.4) is 0 Å². The Hall–Kier alpha value is -2.95. The fourth-order valence-electron chi connectivity index (χ4n) is 1.75. The van der Waals surface area contributed by atoms with Crippen molar-refractivity contribution in [2.75, 3.05) is 11.9 Å². The summed E-state index contributed by atoms with van der Waals surface area (Å²) < 4.78 is 0. The number of amides is 2. The van der Waals surface area contributed by atoms with Crippen molar-refractivity contribution >= 4 is 17.5 Å². The highest BCUT2D eigenvalue weighted by Gasteiger charge is 2.13. The van der Waals surface area contributed by atoms with Crippen LogP contribution in [0.15, 0.2) is 61.4 Å². The maximum atomic E-state index is 12.1. The van der Waals surface area contributed by atoms with E-state index in [2.05, 4.69) is 22.2 Å². The van der Waals surface area contributed by atoms with E-state index in [0.717, 1.165) is 0 Å². The Morgan fingerprint density at radius 3 is 2.52 bits per heavy atom. The molecule has 0 unspecified atom stereocenters. The summed E-state index contributed by atoms with van der Waals surface area (Å²) in [5.74, 6) is -0.554. The fourth-order valence-corrected chi connectivity index (χ4v) is 1.75. The summed E-state index contributed by atoms with van der Waals surface area (Å²) in [6.07, 6.45) is 4.67. The number of carbonyl (C=O) groups is 2. The molecule has 2 amide bonds. The lowest BCUT2D eigenvalue weighted by Crippen LogP contribution is -2.25. The number of nitrogens with zero attached hydrogens (tertiary/aromatic N) is 1. The summed E-state index contributed by atoms with van der Waals surface area (Å²) in [6.45, 7) is 3.91. The van der Waals surface area contributed by atoms with Crippen LogP contribution in [0.25, 0.3) is 0 Å². The lowest BCUT2D eigenvalue weighted by Gasteiger charge is -2.10. The average Bonchev–Trinajstić information content (AvgIpc) is 2.54. The van der Waals surface area contributed by atoms with Crippen LogP contribution in [0.5, 0.6) is 0 Å². The minimum Gasteiger partial charge on any atom is -0.349 e. The van der Waals surface area contributed by atoms with Crippen LogP contribution < -0.4 is 10.6 Å². The second kappa shape index (κ2) is 7.00. The maximum Gasteiger partial charge on any atom is 0.255 e. The highest BCUT2D eigenvalue weighted by Crippen LogP contribution is 2.16. The molecule has 0 radical (unpaired) electrons. The predicted molar refractivity (Wildman–Crippen MR) is 81.2 cm³/mol. The van der Waals surface area contributed by atoms with Gasteiger partial charge in [-0.15, -0.1) is 6.58 Å². The molecule has 0 aliphatic carbocycles. The molecule has 0 fully saturated rings. The number of hydrogen-bond acceptors (Lipinski definition) is 3. The smallest absolute Gasteiger partial charge is 0.255 e. The number of hydrogen-bond donors (Lipinski definition) is 2. The van der Waals surface area contributed by atoms with Crippen molar-refractivity contribution in [3.63, 3.8) is 0 Å². The highest BCUT2D eigenvalue weighted by molar-refractivity contribution is 6.08. The van der Waals surface area contributed by atoms with Crippen molar-refractivity contribution in [3.05, 3.63) is 72.6 Å². The highest BCUT2D eigenvalue weighted by atomic mass is 16.2. The third kappa shape index (κ3) is 3.76. The zero-order valence-corrected chi connectivity index (χ0v) is 11.4. The van der Waals surface area contributed by atoms with Crippen molar-refractivity contribution in [2.24, 2.45) is 0 Å². The van der Waals surface area contributed by atoms with Gasteiger partial charge in [-0.25, -0.2) is 0 Å². The molecule has 5 heteroatoms. The van der Waals surface area contributed by atoms with Crippen LogP contribution in [0, 0.1) is 0 Å². The minimum absolute atomic E-state index is 0.263. The maximum absolute atomic E-state index is 12.1. The van der Waals surface area contributed by atoms with Gasteiger partial charge in [0.05, 0.1) is 11.3 Å². The Bertz CT molecular complexity index is 654. The topological polar surface area (TPSA) is 71.1 Å². The molecule has 0 aliphatic heterocycles. The number of anilines is 1. The number of rotatable bonds is 5. The zero-order valence-electron chi connectivity index (χ0n) is 11.4. The summed E-state index contributed by atoms with van der Waals surface area (Å²) in [5.41, 5.74) is 1.34. The summed E-state index contributed by atoms with van der Waals surface area (Å²) in [7, 11) is 0. The van der Waals surface area contributed by atoms with Crippen LogP contribution >= 0.6 is 0 Å². The van der Waals surface area contributed by atoms with E-state index in [4.69, 9.17) is 0 Å². The summed E-state index contributed by atoms with van der Waals surface area (Å²) in [4.78, 5) is 28.0. The molecule has 5 nitrogen and oxygen atoms in total. The van der Waals surface area contributed by atoms with Gasteiger partial charge in [-0.05, 0) is 24.3 Å². The van der Waals surface area contributed by atoms with E-state index < -0.39 is 0 Å². The molecule has 2 aromatic rings. The van der Waals surface area contributed by atoms with Gasteiger partial charge < -0.3 is 10.6 Å². The summed E-state index contributed by atoms with van der Waals surface area (Å²) in [6, 6.07) is 10.0. The first kappa shape index (κ1) is 14.5. The molecule has 0 saturated carbocycles. The van der Waals surface area contributed by atoms with Crippen molar-refractivity contribution in [1.82, 2.24) is 10.3 Å². The van der Waals surface area contributed by atoms with Gasteiger partial charge in [0.25, 0.3) is 11.8 Å². The summed E-state index contributed by atoms with van der Waals surface area (Å²) in [5, 5.41) is 5.41. The van der Waals surface area contributed by atoms with Crippen LogP contribution in [0.2, 0.25) is 0 Å². The van der Waals surface area contributed by atoms with Gasteiger partial charge in [-0.1, -0.05) is 18.2 Å². The lowest BCUT2D eigenvalue weighted by molar-refractivity contribution is 0.0959. The molecule has 0 atom stereocenters. The molecule has 0 bridgehead atoms. The first-order valence-corrected chi connectivity index (χ1v) is 6.42. The molecule has 0 spiro atoms. The van der Waals surface area contributed by atoms with Crippen molar-refractivity contribution < 1.29 is 9.59 Å². The Morgan fingerprint density at radius 1 is 1.10 bits per heavy atom. The Kier molecular flexibility index (Phi) is 4.82. The van der Waals surface area contributed by atoms with Crippen molar-refractivity contribution in [1.29, 1.82) is 0 Å². The Balaban J connectivity index is 2.19. The van der Waals surface area contributed by atoms with Gasteiger partial charge in [0.1, 0.15) is 0 Å². The molecule has 0 saturated heterocycles. The average molecular weight is 281 g/mol. The van der Waals surface area contributed by atoms with Crippen LogP contribution in [0.4, 0.5) is 5.69 Å². The second-order valence-corrected chi connectivity index (χ2v) is 4.23. The largest absolute Gasteiger partial charge is 0.349 e. The molecule has 1 aromatic carbocycles. The number of para-hydroxylation sites is 1. The van der Waals surface area contributed by atoms with E-state index in [1.165, 1.54) is 12.4 Å². The minimum atomic E-state index is -0.290. The molecule has 106 valence electrons. The van der Waals surface area contributed by atoms with Gasteiger partial charge in [0, 0.05) is 24.5 Å². The van der Waals surface area contributed by atoms with E-state index in [9.17, 15) is 9.59 Å². The third-order valence-corrected chi connectivity index (χ3v) is 2.77. The SMILES string of the molecule is C=CCNC(=O)c1ccccc1NC(=O)c1ccncc1. The van der Waals surface area contributed by atoms with E-state index in [0.29, 0.717) is 23.4 Å². The molecular weight excluding hydrogens is 266 g/mol. The molecule has 2 rings (SSSR count). The van der Waals surface area contributed by atoms with Gasteiger partial charge in [-0.3, -0.25) is 14.6 Å².